The second-order valence-electron chi connectivity index (χ2n) is 10.9. The molecule has 208 valence electrons. The molecule has 6 aromatic carbocycles. The predicted octanol–water partition coefficient (Wildman–Crippen LogP) is 11.9. The average Bonchev–Trinajstić information content (AvgIpc) is 3.48. The Kier molecular flexibility index (Phi) is 6.71. The summed E-state index contributed by atoms with van der Waals surface area (Å²) >= 11 is 1.74. The van der Waals surface area contributed by atoms with Crippen LogP contribution in [-0.2, 0) is 0 Å². The van der Waals surface area contributed by atoms with Gasteiger partial charge in [-0.1, -0.05) is 127 Å². The first kappa shape index (κ1) is 26.1. The summed E-state index contributed by atoms with van der Waals surface area (Å²) in [5.41, 5.74) is 9.35. The molecule has 0 fully saturated rings. The van der Waals surface area contributed by atoms with Crippen LogP contribution >= 0.6 is 11.3 Å². The average molecular weight is 581 g/mol. The summed E-state index contributed by atoms with van der Waals surface area (Å²) in [5, 5.41) is 2.45. The molecule has 2 nitrogen and oxygen atoms in total. The quantitative estimate of drug-likeness (QED) is 0.194. The molecule has 0 aliphatic heterocycles. The van der Waals surface area contributed by atoms with E-state index in [2.05, 4.69) is 175 Å². The highest BCUT2D eigenvalue weighted by atomic mass is 32.1. The van der Waals surface area contributed by atoms with E-state index in [1.807, 2.05) is 0 Å². The van der Waals surface area contributed by atoms with E-state index in [1.54, 1.807) is 11.3 Å². The number of rotatable bonds is 6. The summed E-state index contributed by atoms with van der Waals surface area (Å²) in [6, 6.07) is 60.3. The molecule has 0 radical (unpaired) electrons. The molecule has 0 saturated carbocycles. The maximum atomic E-state index is 5.21. The summed E-state index contributed by atoms with van der Waals surface area (Å²) in [7, 11) is 0. The molecule has 0 saturated heterocycles. The summed E-state index contributed by atoms with van der Waals surface area (Å²) in [6.45, 7) is 0. The van der Waals surface area contributed by atoms with Crippen LogP contribution in [0.25, 0.3) is 53.7 Å². The first-order valence-corrected chi connectivity index (χ1v) is 15.6. The number of fused-ring (bicyclic) bond motifs is 3. The fourth-order valence-electron chi connectivity index (χ4n) is 5.86. The van der Waals surface area contributed by atoms with Crippen LogP contribution in [-0.4, -0.2) is 4.98 Å². The van der Waals surface area contributed by atoms with Gasteiger partial charge in [0.05, 0.1) is 0 Å². The number of pyridine rings is 1. The number of aromatic nitrogens is 1. The van der Waals surface area contributed by atoms with Gasteiger partial charge in [0.1, 0.15) is 10.6 Å². The summed E-state index contributed by atoms with van der Waals surface area (Å²) in [6.07, 6.45) is 0. The number of hydrogen-bond donors (Lipinski definition) is 0. The highest BCUT2D eigenvalue weighted by Gasteiger charge is 2.16. The third-order valence-electron chi connectivity index (χ3n) is 8.14. The second-order valence-corrected chi connectivity index (χ2v) is 11.9. The van der Waals surface area contributed by atoms with Gasteiger partial charge >= 0.3 is 0 Å². The molecule has 44 heavy (non-hydrogen) atoms. The zero-order valence-corrected chi connectivity index (χ0v) is 24.8. The molecule has 0 amide bonds. The highest BCUT2D eigenvalue weighted by Crippen LogP contribution is 2.39. The minimum absolute atomic E-state index is 0.900. The van der Waals surface area contributed by atoms with E-state index < -0.39 is 0 Å². The van der Waals surface area contributed by atoms with Gasteiger partial charge < -0.3 is 0 Å². The van der Waals surface area contributed by atoms with Gasteiger partial charge in [-0.25, -0.2) is 4.98 Å². The molecule has 8 aromatic rings. The van der Waals surface area contributed by atoms with E-state index in [0.29, 0.717) is 0 Å². The van der Waals surface area contributed by atoms with Crippen molar-refractivity contribution in [3.63, 3.8) is 0 Å². The Morgan fingerprint density at radius 2 is 0.795 bits per heavy atom. The minimum atomic E-state index is 0.900. The van der Waals surface area contributed by atoms with E-state index in [1.165, 1.54) is 48.9 Å². The monoisotopic (exact) mass is 580 g/mol. The lowest BCUT2D eigenvalue weighted by Crippen LogP contribution is -2.11. The van der Waals surface area contributed by atoms with Gasteiger partial charge in [0.15, 0.2) is 0 Å². The van der Waals surface area contributed by atoms with Crippen molar-refractivity contribution < 1.29 is 0 Å². The predicted molar refractivity (Wildman–Crippen MR) is 188 cm³/mol. The number of hydrogen-bond acceptors (Lipinski definition) is 3. The van der Waals surface area contributed by atoms with Crippen LogP contribution in [0.4, 0.5) is 17.2 Å². The lowest BCUT2D eigenvalue weighted by Gasteiger charge is -2.25. The Balaban J connectivity index is 1.18. The molecule has 0 N–H and O–H groups in total. The van der Waals surface area contributed by atoms with Crippen molar-refractivity contribution in [2.75, 3.05) is 4.90 Å². The van der Waals surface area contributed by atoms with Crippen LogP contribution in [0.15, 0.2) is 170 Å². The van der Waals surface area contributed by atoms with E-state index in [9.17, 15) is 0 Å². The summed E-state index contributed by atoms with van der Waals surface area (Å²) < 4.78 is 1.26. The van der Waals surface area contributed by atoms with Crippen molar-refractivity contribution in [1.82, 2.24) is 4.98 Å². The molecule has 0 bridgehead atoms. The summed E-state index contributed by atoms with van der Waals surface area (Å²) in [5.74, 6) is 0.900. The third kappa shape index (κ3) is 4.94. The zero-order chi connectivity index (χ0) is 29.3. The smallest absolute Gasteiger partial charge is 0.139 e. The molecule has 2 aromatic heterocycles. The number of anilines is 3. The van der Waals surface area contributed by atoms with Crippen molar-refractivity contribution in [1.29, 1.82) is 0 Å². The van der Waals surface area contributed by atoms with E-state index in [0.717, 1.165) is 22.0 Å². The maximum Gasteiger partial charge on any atom is 0.139 e. The van der Waals surface area contributed by atoms with Gasteiger partial charge in [-0.2, -0.15) is 0 Å². The van der Waals surface area contributed by atoms with Crippen LogP contribution in [0.3, 0.4) is 0 Å². The molecule has 3 heteroatoms. The largest absolute Gasteiger partial charge is 0.295 e. The summed E-state index contributed by atoms with van der Waals surface area (Å²) in [4.78, 5) is 8.51. The normalized spacial score (nSPS) is 11.2. The fraction of sp³-hybridized carbons (Fsp3) is 0. The molecule has 2 heterocycles. The Morgan fingerprint density at radius 1 is 0.364 bits per heavy atom. The molecule has 0 aliphatic rings. The number of benzene rings is 6. The fourth-order valence-corrected chi connectivity index (χ4v) is 6.93. The van der Waals surface area contributed by atoms with Gasteiger partial charge in [0.2, 0.25) is 0 Å². The lowest BCUT2D eigenvalue weighted by atomic mass is 10.00. The molecule has 0 aliphatic carbocycles. The van der Waals surface area contributed by atoms with E-state index in [4.69, 9.17) is 4.98 Å². The SMILES string of the molecule is c1ccc(-c2ccc(-c3ccc(N(c4ccc(-c5ccccc5)cc4)c4ccc5c(n4)sc4ccccc45)cc3)cc2)cc1. The van der Waals surface area contributed by atoms with Gasteiger partial charge in [-0.15, -0.1) is 11.3 Å². The zero-order valence-electron chi connectivity index (χ0n) is 24.0. The topological polar surface area (TPSA) is 16.1 Å². The van der Waals surface area contributed by atoms with Crippen LogP contribution in [0.2, 0.25) is 0 Å². The van der Waals surface area contributed by atoms with Crippen molar-refractivity contribution in [3.05, 3.63) is 170 Å². The molecular weight excluding hydrogens is 553 g/mol. The van der Waals surface area contributed by atoms with Gasteiger partial charge in [-0.05, 0) is 75.8 Å². The van der Waals surface area contributed by atoms with Crippen LogP contribution in [0, 0.1) is 0 Å². The third-order valence-corrected chi connectivity index (χ3v) is 9.22. The Morgan fingerprint density at radius 3 is 1.32 bits per heavy atom. The molecular formula is C41H28N2S. The van der Waals surface area contributed by atoms with E-state index >= 15 is 0 Å². The minimum Gasteiger partial charge on any atom is -0.295 e. The van der Waals surface area contributed by atoms with Gasteiger partial charge in [0.25, 0.3) is 0 Å². The van der Waals surface area contributed by atoms with Crippen molar-refractivity contribution in [3.8, 4) is 33.4 Å². The van der Waals surface area contributed by atoms with Gasteiger partial charge in [-0.3, -0.25) is 4.90 Å². The first-order chi connectivity index (χ1) is 21.8. The molecule has 0 atom stereocenters. The first-order valence-electron chi connectivity index (χ1n) is 14.8. The Hall–Kier alpha value is -5.51. The molecule has 8 rings (SSSR count). The second kappa shape index (κ2) is 11.3. The van der Waals surface area contributed by atoms with Crippen LogP contribution in [0.1, 0.15) is 0 Å². The van der Waals surface area contributed by atoms with Crippen LogP contribution in [0.5, 0.6) is 0 Å². The van der Waals surface area contributed by atoms with Gasteiger partial charge in [0, 0.05) is 26.8 Å². The molecule has 0 spiro atoms. The maximum absolute atomic E-state index is 5.21. The highest BCUT2D eigenvalue weighted by molar-refractivity contribution is 7.25. The van der Waals surface area contributed by atoms with Crippen molar-refractivity contribution in [2.45, 2.75) is 0 Å². The van der Waals surface area contributed by atoms with E-state index in [-0.39, 0.29) is 0 Å². The van der Waals surface area contributed by atoms with Crippen LogP contribution < -0.4 is 4.90 Å². The van der Waals surface area contributed by atoms with Crippen molar-refractivity contribution in [2.24, 2.45) is 0 Å². The van der Waals surface area contributed by atoms with Crippen molar-refractivity contribution >= 4 is 48.8 Å². The standard InChI is InChI=1S/C41H28N2S/c1-3-9-29(10-4-1)31-15-17-32(18-16-31)34-21-25-36(26-22-34)43(35-23-19-33(20-24-35)30-11-5-2-6-12-30)40-28-27-38-37-13-7-8-14-39(37)44-41(38)42-40/h1-28H. The number of thiophene rings is 1. The lowest BCUT2D eigenvalue weighted by molar-refractivity contribution is 1.21. The Bertz CT molecular complexity index is 2180. The Labute approximate surface area is 261 Å². The molecule has 0 unspecified atom stereocenters. The number of nitrogens with zero attached hydrogens (tertiary/aromatic N) is 2.